The quantitative estimate of drug-likeness (QED) is 0.801. The zero-order chi connectivity index (χ0) is 11.5. The van der Waals surface area contributed by atoms with Gasteiger partial charge in [0.05, 0.1) is 19.3 Å². The van der Waals surface area contributed by atoms with Crippen LogP contribution in [0.2, 0.25) is 0 Å². The van der Waals surface area contributed by atoms with Gasteiger partial charge in [-0.2, -0.15) is 0 Å². The topological polar surface area (TPSA) is 38.8 Å². The predicted octanol–water partition coefficient (Wildman–Crippen LogP) is 2.42. The maximum absolute atomic E-state index is 11.6. The summed E-state index contributed by atoms with van der Waals surface area (Å²) in [5.41, 5.74) is 0.749. The van der Waals surface area contributed by atoms with E-state index in [2.05, 4.69) is 15.9 Å². The highest BCUT2D eigenvalue weighted by Crippen LogP contribution is 2.31. The standard InChI is InChI=1S/C11H12BrNO3/c1-15-10-5-3-2-4-9(10)13-7-8(6-12)16-11(13)14/h2-5,8H,6-7H2,1H3. The average Bonchev–Trinajstić information content (AvgIpc) is 2.70. The smallest absolute Gasteiger partial charge is 0.414 e. The average molecular weight is 286 g/mol. The lowest BCUT2D eigenvalue weighted by Gasteiger charge is -2.15. The number of carbonyl (C=O) groups is 1. The Bertz CT molecular complexity index is 397. The third-order valence-corrected chi connectivity index (χ3v) is 3.14. The maximum atomic E-state index is 11.6. The summed E-state index contributed by atoms with van der Waals surface area (Å²) in [6.45, 7) is 0.546. The van der Waals surface area contributed by atoms with Crippen molar-refractivity contribution in [2.75, 3.05) is 23.9 Å². The fourth-order valence-corrected chi connectivity index (χ4v) is 1.99. The van der Waals surface area contributed by atoms with Gasteiger partial charge in [-0.15, -0.1) is 0 Å². The SMILES string of the molecule is COc1ccccc1N1CC(CBr)OC1=O. The molecule has 0 N–H and O–H groups in total. The maximum Gasteiger partial charge on any atom is 0.414 e. The van der Waals surface area contributed by atoms with Gasteiger partial charge in [0.1, 0.15) is 11.9 Å². The van der Waals surface area contributed by atoms with Crippen LogP contribution < -0.4 is 9.64 Å². The summed E-state index contributed by atoms with van der Waals surface area (Å²) in [6.07, 6.45) is -0.425. The molecule has 0 aromatic heterocycles. The Labute approximate surface area is 102 Å². The molecule has 16 heavy (non-hydrogen) atoms. The van der Waals surface area contributed by atoms with Crippen LogP contribution in [0.25, 0.3) is 0 Å². The van der Waals surface area contributed by atoms with Gasteiger partial charge >= 0.3 is 6.09 Å². The van der Waals surface area contributed by atoms with Crippen LogP contribution in [0, 0.1) is 0 Å². The highest BCUT2D eigenvalue weighted by atomic mass is 79.9. The first-order chi connectivity index (χ1) is 7.76. The number of alkyl halides is 1. The van der Waals surface area contributed by atoms with Gasteiger partial charge in [0.2, 0.25) is 0 Å². The van der Waals surface area contributed by atoms with E-state index < -0.39 is 0 Å². The molecule has 1 saturated heterocycles. The van der Waals surface area contributed by atoms with E-state index in [1.807, 2.05) is 24.3 Å². The van der Waals surface area contributed by atoms with Crippen molar-refractivity contribution >= 4 is 27.7 Å². The zero-order valence-electron chi connectivity index (χ0n) is 8.85. The molecule has 0 aliphatic carbocycles. The van der Waals surface area contributed by atoms with Gasteiger partial charge in [0, 0.05) is 5.33 Å². The summed E-state index contributed by atoms with van der Waals surface area (Å²) in [5.74, 6) is 0.676. The van der Waals surface area contributed by atoms with E-state index in [-0.39, 0.29) is 12.2 Å². The second kappa shape index (κ2) is 4.74. The minimum Gasteiger partial charge on any atom is -0.495 e. The largest absolute Gasteiger partial charge is 0.495 e. The normalized spacial score (nSPS) is 19.8. The van der Waals surface area contributed by atoms with Crippen molar-refractivity contribution in [3.8, 4) is 5.75 Å². The molecule has 1 heterocycles. The van der Waals surface area contributed by atoms with E-state index in [1.165, 1.54) is 0 Å². The van der Waals surface area contributed by atoms with E-state index in [0.29, 0.717) is 17.6 Å². The number of cyclic esters (lactones) is 1. The van der Waals surface area contributed by atoms with Crippen LogP contribution in [0.15, 0.2) is 24.3 Å². The molecule has 1 amide bonds. The fourth-order valence-electron chi connectivity index (χ4n) is 1.65. The number of para-hydroxylation sites is 2. The van der Waals surface area contributed by atoms with Gasteiger partial charge in [-0.1, -0.05) is 28.1 Å². The van der Waals surface area contributed by atoms with Crippen molar-refractivity contribution in [3.05, 3.63) is 24.3 Å². The molecule has 1 fully saturated rings. The molecule has 1 aromatic carbocycles. The van der Waals surface area contributed by atoms with Gasteiger partial charge in [-0.05, 0) is 12.1 Å². The van der Waals surface area contributed by atoms with E-state index in [0.717, 1.165) is 5.69 Å². The van der Waals surface area contributed by atoms with Crippen LogP contribution in [0.4, 0.5) is 10.5 Å². The Morgan fingerprint density at radius 1 is 1.56 bits per heavy atom. The molecule has 86 valence electrons. The van der Waals surface area contributed by atoms with Gasteiger partial charge in [-0.3, -0.25) is 4.90 Å². The number of ether oxygens (including phenoxy) is 2. The first-order valence-electron chi connectivity index (χ1n) is 4.93. The second-order valence-electron chi connectivity index (χ2n) is 3.44. The molecule has 1 aliphatic heterocycles. The molecule has 1 aliphatic rings. The van der Waals surface area contributed by atoms with Crippen molar-refractivity contribution in [3.63, 3.8) is 0 Å². The number of rotatable bonds is 3. The number of hydrogen-bond acceptors (Lipinski definition) is 3. The number of nitrogens with zero attached hydrogens (tertiary/aromatic N) is 1. The minimum atomic E-state index is -0.325. The molecular formula is C11H12BrNO3. The first-order valence-corrected chi connectivity index (χ1v) is 6.05. The number of anilines is 1. The first kappa shape index (κ1) is 11.3. The molecule has 5 heteroatoms. The number of halogens is 1. The Morgan fingerprint density at radius 3 is 2.94 bits per heavy atom. The van der Waals surface area contributed by atoms with E-state index in [4.69, 9.17) is 9.47 Å². The summed E-state index contributed by atoms with van der Waals surface area (Å²) in [4.78, 5) is 13.2. The van der Waals surface area contributed by atoms with Crippen LogP contribution in [-0.4, -0.2) is 31.2 Å². The van der Waals surface area contributed by atoms with Crippen molar-refractivity contribution in [2.45, 2.75) is 6.10 Å². The lowest BCUT2D eigenvalue weighted by Crippen LogP contribution is -2.25. The molecule has 4 nitrogen and oxygen atoms in total. The molecule has 1 unspecified atom stereocenters. The molecule has 0 saturated carbocycles. The van der Waals surface area contributed by atoms with Gasteiger partial charge < -0.3 is 9.47 Å². The van der Waals surface area contributed by atoms with Gasteiger partial charge in [0.15, 0.2) is 0 Å². The lowest BCUT2D eigenvalue weighted by molar-refractivity contribution is 0.152. The lowest BCUT2D eigenvalue weighted by atomic mass is 10.2. The molecule has 0 bridgehead atoms. The van der Waals surface area contributed by atoms with Crippen molar-refractivity contribution in [1.82, 2.24) is 0 Å². The number of methoxy groups -OCH3 is 1. The molecule has 1 aromatic rings. The molecule has 0 radical (unpaired) electrons. The van der Waals surface area contributed by atoms with E-state index in [9.17, 15) is 4.79 Å². The number of amides is 1. The fraction of sp³-hybridized carbons (Fsp3) is 0.364. The summed E-state index contributed by atoms with van der Waals surface area (Å²) < 4.78 is 10.4. The molecule has 2 rings (SSSR count). The van der Waals surface area contributed by atoms with E-state index in [1.54, 1.807) is 12.0 Å². The summed E-state index contributed by atoms with van der Waals surface area (Å²) in [7, 11) is 1.59. The highest BCUT2D eigenvalue weighted by molar-refractivity contribution is 9.09. The zero-order valence-corrected chi connectivity index (χ0v) is 10.4. The highest BCUT2D eigenvalue weighted by Gasteiger charge is 2.32. The number of benzene rings is 1. The monoisotopic (exact) mass is 285 g/mol. The Hall–Kier alpha value is -1.23. The molecule has 1 atom stereocenters. The van der Waals surface area contributed by atoms with E-state index >= 15 is 0 Å². The van der Waals surface area contributed by atoms with Gasteiger partial charge in [0.25, 0.3) is 0 Å². The van der Waals surface area contributed by atoms with Crippen LogP contribution in [0.3, 0.4) is 0 Å². The third kappa shape index (κ3) is 2.00. The second-order valence-corrected chi connectivity index (χ2v) is 4.09. The molecular weight excluding hydrogens is 274 g/mol. The van der Waals surface area contributed by atoms with Crippen LogP contribution >= 0.6 is 15.9 Å². The van der Waals surface area contributed by atoms with Crippen LogP contribution in [-0.2, 0) is 4.74 Å². The van der Waals surface area contributed by atoms with Crippen LogP contribution in [0.5, 0.6) is 5.75 Å². The predicted molar refractivity (Wildman–Crippen MR) is 64.4 cm³/mol. The Kier molecular flexibility index (Phi) is 3.33. The van der Waals surface area contributed by atoms with Crippen molar-refractivity contribution < 1.29 is 14.3 Å². The summed E-state index contributed by atoms with van der Waals surface area (Å²) >= 11 is 3.30. The van der Waals surface area contributed by atoms with Gasteiger partial charge in [-0.25, -0.2) is 4.79 Å². The third-order valence-electron chi connectivity index (χ3n) is 2.42. The van der Waals surface area contributed by atoms with Crippen molar-refractivity contribution in [1.29, 1.82) is 0 Å². The minimum absolute atomic E-state index is 0.0996. The van der Waals surface area contributed by atoms with Crippen LogP contribution in [0.1, 0.15) is 0 Å². The van der Waals surface area contributed by atoms with Crippen molar-refractivity contribution in [2.24, 2.45) is 0 Å². The Morgan fingerprint density at radius 2 is 2.31 bits per heavy atom. The Balaban J connectivity index is 2.27. The number of hydrogen-bond donors (Lipinski definition) is 0. The number of carbonyl (C=O) groups excluding carboxylic acids is 1. The summed E-state index contributed by atoms with van der Waals surface area (Å²) in [5, 5.41) is 0.643. The summed E-state index contributed by atoms with van der Waals surface area (Å²) in [6, 6.07) is 7.40. The molecule has 0 spiro atoms.